The summed E-state index contributed by atoms with van der Waals surface area (Å²) in [5, 5.41) is 0. The van der Waals surface area contributed by atoms with Gasteiger partial charge in [-0.1, -0.05) is 0 Å². The molecule has 2 heterocycles. The van der Waals surface area contributed by atoms with E-state index in [1.54, 1.807) is 29.1 Å². The van der Waals surface area contributed by atoms with Gasteiger partial charge in [0.2, 0.25) is 5.92 Å². The van der Waals surface area contributed by atoms with E-state index in [2.05, 4.69) is 15.0 Å². The molecule has 7 nitrogen and oxygen atoms in total. The van der Waals surface area contributed by atoms with E-state index in [0.717, 1.165) is 0 Å². The van der Waals surface area contributed by atoms with E-state index in [9.17, 15) is 18.0 Å². The van der Waals surface area contributed by atoms with Crippen molar-refractivity contribution >= 4 is 6.09 Å². The average molecular weight is 417 g/mol. The first-order chi connectivity index (χ1) is 14.3. The van der Waals surface area contributed by atoms with Crippen LogP contribution in [-0.4, -0.2) is 31.5 Å². The molecule has 2 N–H and O–H groups in total. The molecule has 1 saturated carbocycles. The number of aromatic nitrogens is 4. The first-order valence-electron chi connectivity index (χ1n) is 9.34. The van der Waals surface area contributed by atoms with Crippen LogP contribution in [0.5, 0.6) is 6.01 Å². The fraction of sp³-hybridized carbons (Fsp3) is 0.300. The fourth-order valence-electron chi connectivity index (χ4n) is 3.63. The molecule has 1 aliphatic rings. The van der Waals surface area contributed by atoms with Gasteiger partial charge in [0.25, 0.3) is 0 Å². The molecule has 2 aromatic heterocycles. The summed E-state index contributed by atoms with van der Waals surface area (Å²) < 4.78 is 47.3. The number of rotatable bonds is 4. The lowest BCUT2D eigenvalue weighted by atomic mass is 9.91. The van der Waals surface area contributed by atoms with Crippen molar-refractivity contribution in [2.45, 2.75) is 37.6 Å². The van der Waals surface area contributed by atoms with Crippen LogP contribution < -0.4 is 10.5 Å². The number of hydrogen-bond acceptors (Lipinski definition) is 5. The van der Waals surface area contributed by atoms with Crippen molar-refractivity contribution in [3.63, 3.8) is 0 Å². The molecular weight excluding hydrogens is 399 g/mol. The Morgan fingerprint density at radius 1 is 1.13 bits per heavy atom. The summed E-state index contributed by atoms with van der Waals surface area (Å²) in [7, 11) is 0. The van der Waals surface area contributed by atoms with Gasteiger partial charge in [-0.3, -0.25) is 0 Å². The van der Waals surface area contributed by atoms with Crippen molar-refractivity contribution in [2.24, 2.45) is 5.73 Å². The van der Waals surface area contributed by atoms with Crippen LogP contribution >= 0.6 is 0 Å². The van der Waals surface area contributed by atoms with Crippen LogP contribution in [0, 0.1) is 5.82 Å². The van der Waals surface area contributed by atoms with Crippen LogP contribution in [0.3, 0.4) is 0 Å². The molecule has 156 valence electrons. The number of amides is 1. The Hall–Kier alpha value is -3.43. The molecule has 0 saturated heterocycles. The van der Waals surface area contributed by atoms with Crippen molar-refractivity contribution in [3.05, 3.63) is 48.7 Å². The summed E-state index contributed by atoms with van der Waals surface area (Å²) in [4.78, 5) is 23.6. The van der Waals surface area contributed by atoms with Gasteiger partial charge in [-0.15, -0.1) is 0 Å². The summed E-state index contributed by atoms with van der Waals surface area (Å²) >= 11 is 0. The molecule has 10 heteroatoms. The molecule has 0 aliphatic heterocycles. The fourth-order valence-corrected chi connectivity index (χ4v) is 3.63. The van der Waals surface area contributed by atoms with Gasteiger partial charge < -0.3 is 15.0 Å². The predicted molar refractivity (Wildman–Crippen MR) is 101 cm³/mol. The second-order valence-corrected chi connectivity index (χ2v) is 7.09. The second-order valence-electron chi connectivity index (χ2n) is 7.09. The number of carbonyl (C=O) groups is 1. The molecule has 1 aliphatic carbocycles. The van der Waals surface area contributed by atoms with Gasteiger partial charge in [-0.2, -0.15) is 4.98 Å². The molecule has 0 spiro atoms. The summed E-state index contributed by atoms with van der Waals surface area (Å²) in [6, 6.07) is 6.89. The van der Waals surface area contributed by atoms with Gasteiger partial charge in [-0.25, -0.2) is 27.9 Å². The number of ether oxygens (including phenoxy) is 1. The minimum Gasteiger partial charge on any atom is -0.374 e. The molecule has 1 aromatic carbocycles. The zero-order valence-corrected chi connectivity index (χ0v) is 15.8. The Balaban J connectivity index is 1.80. The Morgan fingerprint density at radius 2 is 1.83 bits per heavy atom. The van der Waals surface area contributed by atoms with Crippen molar-refractivity contribution in [2.75, 3.05) is 0 Å². The molecular formula is C20H18F3N5O2. The minimum atomic E-state index is -2.67. The molecule has 1 amide bonds. The number of alkyl halides is 2. The summed E-state index contributed by atoms with van der Waals surface area (Å²) in [5.41, 5.74) is 7.07. The number of halogens is 3. The zero-order chi connectivity index (χ0) is 21.3. The van der Waals surface area contributed by atoms with Gasteiger partial charge in [0, 0.05) is 30.6 Å². The maximum absolute atomic E-state index is 13.7. The molecule has 1 fully saturated rings. The number of primary amides is 1. The van der Waals surface area contributed by atoms with E-state index >= 15 is 0 Å². The Morgan fingerprint density at radius 3 is 2.50 bits per heavy atom. The number of nitrogens with two attached hydrogens (primary N) is 1. The lowest BCUT2D eigenvalue weighted by Crippen LogP contribution is -2.26. The summed E-state index contributed by atoms with van der Waals surface area (Å²) in [5.74, 6) is -3.07. The van der Waals surface area contributed by atoms with Crippen LogP contribution in [0.2, 0.25) is 0 Å². The SMILES string of the molecule is NC(=O)Oc1nccc(-c2c(-c3ccc(F)cc3)ncn2C2CCC(F)(F)CC2)n1. The molecule has 4 rings (SSSR count). The quantitative estimate of drug-likeness (QED) is 0.681. The van der Waals surface area contributed by atoms with Crippen molar-refractivity contribution in [1.29, 1.82) is 0 Å². The molecule has 30 heavy (non-hydrogen) atoms. The van der Waals surface area contributed by atoms with E-state index in [4.69, 9.17) is 10.5 Å². The highest BCUT2D eigenvalue weighted by molar-refractivity contribution is 5.77. The van der Waals surface area contributed by atoms with Gasteiger partial charge in [-0.05, 0) is 43.2 Å². The average Bonchev–Trinajstić information content (AvgIpc) is 3.13. The van der Waals surface area contributed by atoms with Gasteiger partial charge >= 0.3 is 12.1 Å². The van der Waals surface area contributed by atoms with Crippen molar-refractivity contribution in [1.82, 2.24) is 19.5 Å². The third-order valence-electron chi connectivity index (χ3n) is 5.06. The zero-order valence-electron chi connectivity index (χ0n) is 15.8. The van der Waals surface area contributed by atoms with E-state index < -0.39 is 17.8 Å². The number of benzene rings is 1. The van der Waals surface area contributed by atoms with E-state index in [1.807, 2.05) is 0 Å². The van der Waals surface area contributed by atoms with E-state index in [0.29, 0.717) is 22.6 Å². The molecule has 0 radical (unpaired) electrons. The molecule has 0 atom stereocenters. The Bertz CT molecular complexity index is 1060. The van der Waals surface area contributed by atoms with Crippen molar-refractivity contribution in [3.8, 4) is 28.7 Å². The van der Waals surface area contributed by atoms with Crippen LogP contribution in [0.15, 0.2) is 42.9 Å². The molecule has 3 aromatic rings. The number of hydrogen-bond donors (Lipinski definition) is 1. The number of imidazole rings is 1. The predicted octanol–water partition coefficient (Wildman–Crippen LogP) is 4.35. The second kappa shape index (κ2) is 7.77. The highest BCUT2D eigenvalue weighted by Gasteiger charge is 2.36. The largest absolute Gasteiger partial charge is 0.412 e. The topological polar surface area (TPSA) is 95.9 Å². The van der Waals surface area contributed by atoms with Crippen LogP contribution in [0.1, 0.15) is 31.7 Å². The normalized spacial score (nSPS) is 16.4. The van der Waals surface area contributed by atoms with E-state index in [-0.39, 0.29) is 37.7 Å². The Kier molecular flexibility index (Phi) is 5.15. The first kappa shape index (κ1) is 19.9. The maximum atomic E-state index is 13.7. The highest BCUT2D eigenvalue weighted by atomic mass is 19.3. The van der Waals surface area contributed by atoms with Crippen molar-refractivity contribution < 1.29 is 22.7 Å². The lowest BCUT2D eigenvalue weighted by Gasteiger charge is -2.30. The summed E-state index contributed by atoms with van der Waals surface area (Å²) in [6.07, 6.45) is 2.00. The minimum absolute atomic E-state index is 0.211. The monoisotopic (exact) mass is 417 g/mol. The lowest BCUT2D eigenvalue weighted by molar-refractivity contribution is -0.0438. The molecule has 0 bridgehead atoms. The standard InChI is InChI=1S/C20H18F3N5O2/c21-13-3-1-12(2-4-13)16-17(15-7-10-25-19(27-15)30-18(24)29)28(11-26-16)14-5-8-20(22,23)9-6-14/h1-4,7,10-11,14H,5-6,8-9H2,(H2,24,29). The van der Waals surface area contributed by atoms with E-state index in [1.165, 1.54) is 18.3 Å². The molecule has 0 unspecified atom stereocenters. The van der Waals surface area contributed by atoms with Crippen LogP contribution in [0.25, 0.3) is 22.6 Å². The number of nitrogens with zero attached hydrogens (tertiary/aromatic N) is 4. The first-order valence-corrected chi connectivity index (χ1v) is 9.34. The highest BCUT2D eigenvalue weighted by Crippen LogP contribution is 2.41. The third kappa shape index (κ3) is 4.12. The van der Waals surface area contributed by atoms with Crippen LogP contribution in [-0.2, 0) is 0 Å². The van der Waals surface area contributed by atoms with Crippen LogP contribution in [0.4, 0.5) is 18.0 Å². The van der Waals surface area contributed by atoms with Gasteiger partial charge in [0.15, 0.2) is 0 Å². The van der Waals surface area contributed by atoms with Gasteiger partial charge in [0.1, 0.15) is 5.82 Å². The summed E-state index contributed by atoms with van der Waals surface area (Å²) in [6.45, 7) is 0. The number of carbonyl (C=O) groups excluding carboxylic acids is 1. The van der Waals surface area contributed by atoms with Gasteiger partial charge in [0.05, 0.1) is 23.4 Å². The Labute approximate surface area is 169 Å². The maximum Gasteiger partial charge on any atom is 0.412 e. The third-order valence-corrected chi connectivity index (χ3v) is 5.06. The smallest absolute Gasteiger partial charge is 0.374 e.